The summed E-state index contributed by atoms with van der Waals surface area (Å²) in [5.74, 6) is 1.67. The minimum Gasteiger partial charge on any atom is -0.454 e. The highest BCUT2D eigenvalue weighted by atomic mass is 35.5. The van der Waals surface area contributed by atoms with E-state index in [9.17, 15) is 0 Å². The summed E-state index contributed by atoms with van der Waals surface area (Å²) in [7, 11) is 0. The van der Waals surface area contributed by atoms with Gasteiger partial charge in [-0.05, 0) is 48.4 Å². The Morgan fingerprint density at radius 3 is 2.39 bits per heavy atom. The van der Waals surface area contributed by atoms with E-state index < -0.39 is 0 Å². The Morgan fingerprint density at radius 1 is 0.821 bits per heavy atom. The monoisotopic (exact) mass is 394 g/mol. The normalized spacial score (nSPS) is 12.5. The van der Waals surface area contributed by atoms with E-state index in [1.807, 2.05) is 12.1 Å². The van der Waals surface area contributed by atoms with Crippen LogP contribution in [0.5, 0.6) is 11.5 Å². The third-order valence-corrected chi connectivity index (χ3v) is 5.25. The molecule has 0 fully saturated rings. The minimum absolute atomic E-state index is 0. The maximum atomic E-state index is 5.45. The topological polar surface area (TPSA) is 35.4 Å². The lowest BCUT2D eigenvalue weighted by atomic mass is 10.1. The first kappa shape index (κ1) is 18.7. The van der Waals surface area contributed by atoms with Crippen molar-refractivity contribution in [2.24, 2.45) is 0 Å². The average Bonchev–Trinajstić information content (AvgIpc) is 3.29. The van der Waals surface area contributed by atoms with Gasteiger partial charge in [0, 0.05) is 41.4 Å². The first-order valence-electron chi connectivity index (χ1n) is 9.42. The predicted molar refractivity (Wildman–Crippen MR) is 115 cm³/mol. The molecule has 0 atom stereocenters. The first-order chi connectivity index (χ1) is 13.3. The number of ether oxygens (including phenoxy) is 2. The van der Waals surface area contributed by atoms with Crippen molar-refractivity contribution in [1.82, 2.24) is 9.88 Å². The summed E-state index contributed by atoms with van der Waals surface area (Å²) in [5, 5.41) is 6.19. The summed E-state index contributed by atoms with van der Waals surface area (Å²) in [4.78, 5) is 0. The highest BCUT2D eigenvalue weighted by Crippen LogP contribution is 2.32. The number of fused-ring (bicyclic) bond motifs is 4. The number of para-hydroxylation sites is 1. The van der Waals surface area contributed by atoms with E-state index in [1.165, 1.54) is 32.9 Å². The second kappa shape index (κ2) is 7.74. The van der Waals surface area contributed by atoms with Crippen LogP contribution in [0.3, 0.4) is 0 Å². The number of hydrogen-bond donors (Lipinski definition) is 1. The van der Waals surface area contributed by atoms with Gasteiger partial charge in [-0.25, -0.2) is 0 Å². The second-order valence-corrected chi connectivity index (χ2v) is 6.90. The Morgan fingerprint density at radius 2 is 1.54 bits per heavy atom. The molecule has 0 saturated heterocycles. The molecule has 0 spiro atoms. The van der Waals surface area contributed by atoms with Crippen LogP contribution >= 0.6 is 12.4 Å². The SMILES string of the molecule is CCn1c2ccccc2c2cc(CNCc3ccc4c(c3)OCO4)ccc21.Cl. The lowest BCUT2D eigenvalue weighted by Gasteiger charge is -2.07. The van der Waals surface area contributed by atoms with E-state index >= 15 is 0 Å². The van der Waals surface area contributed by atoms with Crippen molar-refractivity contribution in [2.75, 3.05) is 6.79 Å². The fourth-order valence-corrected chi connectivity index (χ4v) is 3.95. The first-order valence-corrected chi connectivity index (χ1v) is 9.42. The number of halogens is 1. The van der Waals surface area contributed by atoms with Crippen molar-refractivity contribution < 1.29 is 9.47 Å². The Bertz CT molecular complexity index is 1140. The molecular formula is C23H23ClN2O2. The summed E-state index contributed by atoms with van der Waals surface area (Å²) in [6, 6.07) is 21.5. The molecule has 5 rings (SSSR count). The number of rotatable bonds is 5. The smallest absolute Gasteiger partial charge is 0.231 e. The van der Waals surface area contributed by atoms with Gasteiger partial charge in [-0.2, -0.15) is 0 Å². The molecule has 2 heterocycles. The van der Waals surface area contributed by atoms with Gasteiger partial charge in [0.25, 0.3) is 0 Å². The lowest BCUT2D eigenvalue weighted by molar-refractivity contribution is 0.174. The molecule has 28 heavy (non-hydrogen) atoms. The molecule has 5 heteroatoms. The minimum atomic E-state index is 0. The van der Waals surface area contributed by atoms with Crippen molar-refractivity contribution in [2.45, 2.75) is 26.6 Å². The van der Waals surface area contributed by atoms with E-state index in [2.05, 4.69) is 65.3 Å². The maximum absolute atomic E-state index is 5.45. The summed E-state index contributed by atoms with van der Waals surface area (Å²) >= 11 is 0. The molecule has 144 valence electrons. The van der Waals surface area contributed by atoms with Gasteiger partial charge in [-0.3, -0.25) is 0 Å². The highest BCUT2D eigenvalue weighted by molar-refractivity contribution is 6.08. The van der Waals surface area contributed by atoms with Gasteiger partial charge in [-0.1, -0.05) is 30.3 Å². The van der Waals surface area contributed by atoms with E-state index in [0.717, 1.165) is 31.1 Å². The number of benzene rings is 3. The van der Waals surface area contributed by atoms with Crippen molar-refractivity contribution in [3.63, 3.8) is 0 Å². The van der Waals surface area contributed by atoms with E-state index in [1.54, 1.807) is 0 Å². The van der Waals surface area contributed by atoms with Gasteiger partial charge < -0.3 is 19.4 Å². The summed E-state index contributed by atoms with van der Waals surface area (Å²) < 4.78 is 13.2. The molecule has 0 saturated carbocycles. The Kier molecular flexibility index (Phi) is 5.16. The van der Waals surface area contributed by atoms with Crippen molar-refractivity contribution in [3.8, 4) is 11.5 Å². The van der Waals surface area contributed by atoms with Crippen molar-refractivity contribution in [3.05, 3.63) is 71.8 Å². The highest BCUT2D eigenvalue weighted by Gasteiger charge is 2.13. The van der Waals surface area contributed by atoms with Gasteiger partial charge in [0.2, 0.25) is 6.79 Å². The van der Waals surface area contributed by atoms with Gasteiger partial charge in [0.15, 0.2) is 11.5 Å². The molecule has 4 nitrogen and oxygen atoms in total. The van der Waals surface area contributed by atoms with E-state index in [4.69, 9.17) is 9.47 Å². The molecule has 4 aromatic rings. The van der Waals surface area contributed by atoms with Crippen LogP contribution < -0.4 is 14.8 Å². The third kappa shape index (κ3) is 3.19. The van der Waals surface area contributed by atoms with E-state index in [-0.39, 0.29) is 12.4 Å². The molecular weight excluding hydrogens is 372 g/mol. The second-order valence-electron chi connectivity index (χ2n) is 6.90. The van der Waals surface area contributed by atoms with Gasteiger partial charge >= 0.3 is 0 Å². The molecule has 0 aliphatic carbocycles. The van der Waals surface area contributed by atoms with Crippen molar-refractivity contribution in [1.29, 1.82) is 0 Å². The third-order valence-electron chi connectivity index (χ3n) is 5.25. The largest absolute Gasteiger partial charge is 0.454 e. The quantitative estimate of drug-likeness (QED) is 0.501. The number of aromatic nitrogens is 1. The molecule has 0 bridgehead atoms. The van der Waals surface area contributed by atoms with Crippen LogP contribution in [-0.2, 0) is 19.6 Å². The molecule has 3 aromatic carbocycles. The molecule has 1 N–H and O–H groups in total. The number of nitrogens with one attached hydrogen (secondary N) is 1. The Hall–Kier alpha value is -2.69. The van der Waals surface area contributed by atoms with Crippen LogP contribution in [0.4, 0.5) is 0 Å². The van der Waals surface area contributed by atoms with Crippen LogP contribution in [0, 0.1) is 0 Å². The summed E-state index contributed by atoms with van der Waals surface area (Å²) in [6.07, 6.45) is 0. The fraction of sp³-hybridized carbons (Fsp3) is 0.217. The standard InChI is InChI=1S/C23H22N2O2.ClH/c1-2-25-20-6-4-3-5-18(20)19-11-16(7-9-21(19)25)13-24-14-17-8-10-22-23(12-17)27-15-26-22;/h3-12,24H,2,13-15H2,1H3;1H. The lowest BCUT2D eigenvalue weighted by Crippen LogP contribution is -2.12. The van der Waals surface area contributed by atoms with Crippen LogP contribution in [0.25, 0.3) is 21.8 Å². The summed E-state index contributed by atoms with van der Waals surface area (Å²) in [6.45, 7) is 5.12. The van der Waals surface area contributed by atoms with Gasteiger partial charge in [0.05, 0.1) is 0 Å². The molecule has 0 unspecified atom stereocenters. The van der Waals surface area contributed by atoms with Crippen molar-refractivity contribution >= 4 is 34.2 Å². The van der Waals surface area contributed by atoms with E-state index in [0.29, 0.717) is 6.79 Å². The molecule has 1 aliphatic heterocycles. The fourth-order valence-electron chi connectivity index (χ4n) is 3.95. The van der Waals surface area contributed by atoms with Crippen LogP contribution in [-0.4, -0.2) is 11.4 Å². The molecule has 0 radical (unpaired) electrons. The number of nitrogens with zero attached hydrogens (tertiary/aromatic N) is 1. The molecule has 1 aliphatic rings. The number of aryl methyl sites for hydroxylation is 1. The molecule has 1 aromatic heterocycles. The molecule has 0 amide bonds. The zero-order valence-corrected chi connectivity index (χ0v) is 16.6. The van der Waals surface area contributed by atoms with Crippen LogP contribution in [0.1, 0.15) is 18.1 Å². The number of hydrogen-bond acceptors (Lipinski definition) is 3. The summed E-state index contributed by atoms with van der Waals surface area (Å²) in [5.41, 5.74) is 5.10. The zero-order valence-electron chi connectivity index (χ0n) is 15.8. The average molecular weight is 395 g/mol. The Labute approximate surface area is 170 Å². The van der Waals surface area contributed by atoms with Crippen LogP contribution in [0.2, 0.25) is 0 Å². The zero-order chi connectivity index (χ0) is 18.2. The Balaban J connectivity index is 0.00000192. The van der Waals surface area contributed by atoms with Crippen LogP contribution in [0.15, 0.2) is 60.7 Å². The maximum Gasteiger partial charge on any atom is 0.231 e. The predicted octanol–water partition coefficient (Wildman–Crippen LogP) is 5.25. The van der Waals surface area contributed by atoms with Gasteiger partial charge in [0.1, 0.15) is 0 Å². The van der Waals surface area contributed by atoms with Gasteiger partial charge in [-0.15, -0.1) is 12.4 Å².